The number of allylic oxidation sites excluding steroid dienone is 1. The van der Waals surface area contributed by atoms with Crippen molar-refractivity contribution in [3.63, 3.8) is 0 Å². The van der Waals surface area contributed by atoms with Crippen LogP contribution in [0.25, 0.3) is 0 Å². The number of Topliss-reactive ketones (excluding diaryl/α,β-unsaturated/α-hetero) is 1. The molecule has 7 nitrogen and oxygen atoms in total. The number of ketones is 1. The fourth-order valence-corrected chi connectivity index (χ4v) is 8.12. The Hall–Kier alpha value is -1.96. The molecule has 186 valence electrons. The molecule has 1 aromatic rings. The number of carbonyl (C=O) groups is 2. The molecule has 34 heavy (non-hydrogen) atoms. The first-order chi connectivity index (χ1) is 16.0. The molecule has 2 heterocycles. The van der Waals surface area contributed by atoms with Gasteiger partial charge in [-0.05, 0) is 42.6 Å². The van der Waals surface area contributed by atoms with Gasteiger partial charge in [0.15, 0.2) is 6.29 Å². The normalized spacial score (nSPS) is 43.2. The van der Waals surface area contributed by atoms with Crippen LogP contribution in [0.3, 0.4) is 0 Å². The van der Waals surface area contributed by atoms with Gasteiger partial charge in [0, 0.05) is 35.2 Å². The Morgan fingerprint density at radius 2 is 1.94 bits per heavy atom. The molecule has 0 radical (unpaired) electrons. The molecule has 0 aromatic carbocycles. The maximum atomic E-state index is 13.9. The quantitative estimate of drug-likeness (QED) is 0.507. The molecule has 2 bridgehead atoms. The highest BCUT2D eigenvalue weighted by Gasteiger charge is 2.67. The standard InChI is InChI=1S/C27H36O7/c1-25(2)19(12-20(28)32-5)27(4)17-6-8-26(3)18(15(17)10-16(22(25)30)23(27)31)11-21(29)34-24(26)14-7-9-33-13-14/h7,9,13,16-17,19,21-22,24,29-30H,6,8,10-12H2,1-5H3/t16-,17?,19-,21?,22+,24-,26+,27?/m0/s1. The van der Waals surface area contributed by atoms with Gasteiger partial charge in [0.2, 0.25) is 0 Å². The smallest absolute Gasteiger partial charge is 0.305 e. The topological polar surface area (TPSA) is 106 Å². The average Bonchev–Trinajstić information content (AvgIpc) is 3.32. The van der Waals surface area contributed by atoms with E-state index in [4.69, 9.17) is 13.9 Å². The SMILES string of the molecule is COC(=O)C[C@@H]1C2(C)C(=O)[C@@H](CC3=C4CC(O)O[C@@H](c5ccoc5)[C@]4(C)CCC32)[C@@H](O)C1(C)C. The van der Waals surface area contributed by atoms with Gasteiger partial charge < -0.3 is 24.1 Å². The lowest BCUT2D eigenvalue weighted by atomic mass is 9.40. The number of methoxy groups -OCH3 is 1. The molecule has 4 aliphatic rings. The minimum Gasteiger partial charge on any atom is -0.472 e. The number of furan rings is 1. The van der Waals surface area contributed by atoms with Gasteiger partial charge in [-0.1, -0.05) is 38.8 Å². The molecule has 8 atom stereocenters. The van der Waals surface area contributed by atoms with E-state index < -0.39 is 29.1 Å². The summed E-state index contributed by atoms with van der Waals surface area (Å²) in [7, 11) is 1.36. The van der Waals surface area contributed by atoms with E-state index in [9.17, 15) is 19.8 Å². The van der Waals surface area contributed by atoms with Gasteiger partial charge in [-0.2, -0.15) is 0 Å². The lowest BCUT2D eigenvalue weighted by Crippen LogP contribution is -2.66. The van der Waals surface area contributed by atoms with E-state index >= 15 is 0 Å². The summed E-state index contributed by atoms with van der Waals surface area (Å²) in [6.45, 7) is 8.12. The highest BCUT2D eigenvalue weighted by Crippen LogP contribution is 2.67. The van der Waals surface area contributed by atoms with Crippen LogP contribution in [0.1, 0.15) is 71.5 Å². The van der Waals surface area contributed by atoms with Gasteiger partial charge in [0.05, 0.1) is 31.8 Å². The Balaban J connectivity index is 1.66. The maximum Gasteiger partial charge on any atom is 0.305 e. The number of ether oxygens (including phenoxy) is 2. The van der Waals surface area contributed by atoms with E-state index in [1.165, 1.54) is 12.7 Å². The number of aliphatic hydroxyl groups is 2. The summed E-state index contributed by atoms with van der Waals surface area (Å²) >= 11 is 0. The minimum atomic E-state index is -0.952. The Kier molecular flexibility index (Phi) is 5.43. The largest absolute Gasteiger partial charge is 0.472 e. The summed E-state index contributed by atoms with van der Waals surface area (Å²) in [4.78, 5) is 26.4. The molecule has 0 spiro atoms. The molecule has 0 amide bonds. The Bertz CT molecular complexity index is 1020. The lowest BCUT2D eigenvalue weighted by Gasteiger charge is -2.63. The molecular weight excluding hydrogens is 436 g/mol. The van der Waals surface area contributed by atoms with Crippen LogP contribution in [0.15, 0.2) is 34.2 Å². The first kappa shape index (κ1) is 23.8. The van der Waals surface area contributed by atoms with E-state index in [0.717, 1.165) is 24.0 Å². The van der Waals surface area contributed by atoms with E-state index in [1.54, 1.807) is 12.5 Å². The molecular formula is C27H36O7. The van der Waals surface area contributed by atoms with Crippen molar-refractivity contribution in [3.8, 4) is 0 Å². The molecule has 1 aliphatic heterocycles. The molecule has 1 saturated heterocycles. The predicted octanol–water partition coefficient (Wildman–Crippen LogP) is 3.95. The van der Waals surface area contributed by atoms with Crippen LogP contribution in [-0.4, -0.2) is 41.5 Å². The average molecular weight is 473 g/mol. The summed E-state index contributed by atoms with van der Waals surface area (Å²) in [6, 6.07) is 1.88. The second kappa shape index (κ2) is 7.77. The number of aliphatic hydroxyl groups excluding tert-OH is 2. The first-order valence-corrected chi connectivity index (χ1v) is 12.3. The van der Waals surface area contributed by atoms with Crippen molar-refractivity contribution < 1.29 is 33.7 Å². The van der Waals surface area contributed by atoms with Crippen molar-refractivity contribution in [1.82, 2.24) is 0 Å². The summed E-state index contributed by atoms with van der Waals surface area (Å²) in [6.07, 6.45) is 3.66. The van der Waals surface area contributed by atoms with Crippen molar-refractivity contribution in [3.05, 3.63) is 35.3 Å². The number of rotatable bonds is 3. The van der Waals surface area contributed by atoms with Crippen molar-refractivity contribution in [2.75, 3.05) is 7.11 Å². The zero-order chi connectivity index (χ0) is 24.6. The summed E-state index contributed by atoms with van der Waals surface area (Å²) in [5, 5.41) is 22.1. The maximum absolute atomic E-state index is 13.9. The molecule has 3 unspecified atom stereocenters. The van der Waals surface area contributed by atoms with Gasteiger partial charge in [-0.3, -0.25) is 9.59 Å². The van der Waals surface area contributed by atoms with Crippen LogP contribution < -0.4 is 0 Å². The highest BCUT2D eigenvalue weighted by molar-refractivity contribution is 5.92. The molecule has 7 heteroatoms. The third-order valence-electron chi connectivity index (χ3n) is 9.94. The van der Waals surface area contributed by atoms with E-state index in [1.807, 2.05) is 26.8 Å². The third kappa shape index (κ3) is 3.06. The molecule has 2 saturated carbocycles. The van der Waals surface area contributed by atoms with E-state index in [-0.39, 0.29) is 41.5 Å². The summed E-state index contributed by atoms with van der Waals surface area (Å²) < 4.78 is 16.4. The minimum absolute atomic E-state index is 0.0453. The van der Waals surface area contributed by atoms with Crippen LogP contribution in [0.4, 0.5) is 0 Å². The van der Waals surface area contributed by atoms with Crippen molar-refractivity contribution in [2.45, 2.75) is 78.3 Å². The number of esters is 1. The van der Waals surface area contributed by atoms with Crippen LogP contribution in [0, 0.1) is 34.0 Å². The summed E-state index contributed by atoms with van der Waals surface area (Å²) in [5.41, 5.74) is 1.44. The number of fused-ring (bicyclic) bond motifs is 5. The van der Waals surface area contributed by atoms with Gasteiger partial charge in [-0.25, -0.2) is 0 Å². The Morgan fingerprint density at radius 3 is 2.59 bits per heavy atom. The number of carbonyl (C=O) groups excluding carboxylic acids is 2. The van der Waals surface area contributed by atoms with Crippen molar-refractivity contribution in [2.24, 2.45) is 34.0 Å². The van der Waals surface area contributed by atoms with Crippen LogP contribution in [0.2, 0.25) is 0 Å². The van der Waals surface area contributed by atoms with Crippen LogP contribution in [-0.2, 0) is 19.1 Å². The molecule has 2 N–H and O–H groups in total. The van der Waals surface area contributed by atoms with Gasteiger partial charge in [0.25, 0.3) is 0 Å². The zero-order valence-electron chi connectivity index (χ0n) is 20.7. The summed E-state index contributed by atoms with van der Waals surface area (Å²) in [5.74, 6) is -1.23. The van der Waals surface area contributed by atoms with Crippen molar-refractivity contribution >= 4 is 11.8 Å². The predicted molar refractivity (Wildman–Crippen MR) is 122 cm³/mol. The molecule has 5 rings (SSSR count). The second-order valence-electron chi connectivity index (χ2n) is 11.8. The third-order valence-corrected chi connectivity index (χ3v) is 9.94. The highest BCUT2D eigenvalue weighted by atomic mass is 16.6. The molecule has 1 aromatic heterocycles. The monoisotopic (exact) mass is 472 g/mol. The molecule has 3 fully saturated rings. The van der Waals surface area contributed by atoms with E-state index in [2.05, 4.69) is 6.92 Å². The number of hydrogen-bond donors (Lipinski definition) is 2. The van der Waals surface area contributed by atoms with Crippen LogP contribution >= 0.6 is 0 Å². The fraction of sp³-hybridized carbons (Fsp3) is 0.704. The zero-order valence-corrected chi connectivity index (χ0v) is 20.7. The van der Waals surface area contributed by atoms with Gasteiger partial charge in [-0.15, -0.1) is 0 Å². The van der Waals surface area contributed by atoms with E-state index in [0.29, 0.717) is 12.8 Å². The van der Waals surface area contributed by atoms with Crippen molar-refractivity contribution in [1.29, 1.82) is 0 Å². The second-order valence-corrected chi connectivity index (χ2v) is 11.8. The van der Waals surface area contributed by atoms with Gasteiger partial charge in [0.1, 0.15) is 5.78 Å². The van der Waals surface area contributed by atoms with Gasteiger partial charge >= 0.3 is 5.97 Å². The Morgan fingerprint density at radius 1 is 1.21 bits per heavy atom. The fourth-order valence-electron chi connectivity index (χ4n) is 8.12. The first-order valence-electron chi connectivity index (χ1n) is 12.3. The van der Waals surface area contributed by atoms with Crippen LogP contribution in [0.5, 0.6) is 0 Å². The molecule has 3 aliphatic carbocycles. The Labute approximate surface area is 200 Å². The number of hydrogen-bond acceptors (Lipinski definition) is 7. The lowest BCUT2D eigenvalue weighted by molar-refractivity contribution is -0.201.